The topological polar surface area (TPSA) is 175 Å². The minimum absolute atomic E-state index is 0.324. The van der Waals surface area contributed by atoms with Gasteiger partial charge in [-0.05, 0) is 38.1 Å². The number of benzene rings is 2. The molecule has 0 saturated carbocycles. The lowest BCUT2D eigenvalue weighted by Gasteiger charge is -2.27. The molecule has 316 valence electrons. The summed E-state index contributed by atoms with van der Waals surface area (Å²) in [5, 5.41) is 10.9. The molecule has 58 heavy (non-hydrogen) atoms. The monoisotopic (exact) mass is 882 g/mol. The summed E-state index contributed by atoms with van der Waals surface area (Å²) >= 11 is 0. The summed E-state index contributed by atoms with van der Waals surface area (Å²) < 4.78 is 209. The Morgan fingerprint density at radius 3 is 1.17 bits per heavy atom. The van der Waals surface area contributed by atoms with Crippen LogP contribution in [0.1, 0.15) is 37.8 Å². The van der Waals surface area contributed by atoms with Gasteiger partial charge in [-0.1, -0.05) is 12.1 Å². The van der Waals surface area contributed by atoms with E-state index in [1.54, 1.807) is 0 Å². The number of nitrogens with zero attached hydrogens (tertiary/aromatic N) is 6. The van der Waals surface area contributed by atoms with Gasteiger partial charge in [0.05, 0.1) is 36.8 Å². The normalized spacial score (nSPS) is 20.7. The molecule has 0 spiro atoms. The average molecular weight is 883 g/mol. The van der Waals surface area contributed by atoms with Crippen molar-refractivity contribution in [1.82, 2.24) is 10.9 Å². The molecule has 2 aromatic rings. The van der Waals surface area contributed by atoms with E-state index in [2.05, 4.69) is 50.2 Å². The molecule has 28 heteroatoms. The summed E-state index contributed by atoms with van der Waals surface area (Å²) in [5.41, 5.74) is -6.40. The van der Waals surface area contributed by atoms with E-state index in [9.17, 15) is 69.5 Å². The Labute approximate surface area is 320 Å². The van der Waals surface area contributed by atoms with Crippen molar-refractivity contribution in [3.8, 4) is 0 Å². The van der Waals surface area contributed by atoms with Gasteiger partial charge in [-0.25, -0.2) is 26.5 Å². The molecule has 14 nitrogen and oxygen atoms in total. The number of rotatable bonds is 6. The lowest BCUT2D eigenvalue weighted by molar-refractivity contribution is -0.137. The number of alkyl halides is 12. The van der Waals surface area contributed by atoms with Crippen LogP contribution in [0.15, 0.2) is 55.4 Å². The minimum Gasteiger partial charge on any atom is -0.341 e. The molecular formula is C30H26F12N10O4S2. The van der Waals surface area contributed by atoms with E-state index in [4.69, 9.17) is 13.1 Å². The maximum absolute atomic E-state index is 13.1. The van der Waals surface area contributed by atoms with Crippen LogP contribution in [-0.4, -0.2) is 75.9 Å². The van der Waals surface area contributed by atoms with Crippen LogP contribution >= 0.6 is 0 Å². The number of amidine groups is 2. The highest BCUT2D eigenvalue weighted by Crippen LogP contribution is 2.40. The standard InChI is InChI=1S/2C15H13F6N5O2S/c2*1-13(7-11(24-26-13)15(19,20)21)12(25-29(3,27)28)23-8-4-5-10(22-2)9(6-8)14(16,17)18/h2*4-6,26H,7H2,1,3H3,(H,23,25). The van der Waals surface area contributed by atoms with Crippen LogP contribution in [0.25, 0.3) is 9.69 Å². The molecule has 4 N–H and O–H groups in total. The van der Waals surface area contributed by atoms with Crippen molar-refractivity contribution < 1.29 is 69.5 Å². The number of sulfonamides is 2. The van der Waals surface area contributed by atoms with Gasteiger partial charge in [0.15, 0.2) is 11.4 Å². The van der Waals surface area contributed by atoms with Gasteiger partial charge in [-0.2, -0.15) is 62.9 Å². The largest absolute Gasteiger partial charge is 0.431 e. The fourth-order valence-corrected chi connectivity index (χ4v) is 5.97. The summed E-state index contributed by atoms with van der Waals surface area (Å²) in [5.74, 6) is -1.18. The number of anilines is 2. The van der Waals surface area contributed by atoms with E-state index >= 15 is 0 Å². The van der Waals surface area contributed by atoms with Gasteiger partial charge in [0.2, 0.25) is 0 Å². The third kappa shape index (κ3) is 12.2. The summed E-state index contributed by atoms with van der Waals surface area (Å²) in [7, 11) is -8.28. The third-order valence-corrected chi connectivity index (χ3v) is 8.53. The van der Waals surface area contributed by atoms with Crippen molar-refractivity contribution in [3.63, 3.8) is 0 Å². The molecule has 4 rings (SSSR count). The van der Waals surface area contributed by atoms with E-state index in [-0.39, 0.29) is 11.4 Å². The Morgan fingerprint density at radius 1 is 0.638 bits per heavy atom. The maximum atomic E-state index is 13.1. The first-order valence-electron chi connectivity index (χ1n) is 15.2. The lowest BCUT2D eigenvalue weighted by atomic mass is 9.95. The second kappa shape index (κ2) is 16.0. The van der Waals surface area contributed by atoms with Gasteiger partial charge in [0.25, 0.3) is 20.0 Å². The second-order valence-corrected chi connectivity index (χ2v) is 15.9. The number of nitrogens with one attached hydrogen (secondary N) is 4. The zero-order valence-corrected chi connectivity index (χ0v) is 31.2. The molecule has 0 bridgehead atoms. The molecular weight excluding hydrogens is 857 g/mol. The summed E-state index contributed by atoms with van der Waals surface area (Å²) in [6, 6.07) is 4.86. The van der Waals surface area contributed by atoms with Crippen LogP contribution < -0.4 is 21.5 Å². The smallest absolute Gasteiger partial charge is 0.341 e. The van der Waals surface area contributed by atoms with Gasteiger partial charge in [-0.3, -0.25) is 10.9 Å². The van der Waals surface area contributed by atoms with Crippen molar-refractivity contribution in [2.45, 2.75) is 62.5 Å². The van der Waals surface area contributed by atoms with Crippen LogP contribution in [-0.2, 0) is 32.4 Å². The van der Waals surface area contributed by atoms with Crippen LogP contribution in [0.4, 0.5) is 75.4 Å². The first-order valence-corrected chi connectivity index (χ1v) is 18.9. The molecule has 0 fully saturated rings. The highest BCUT2D eigenvalue weighted by atomic mass is 32.2. The van der Waals surface area contributed by atoms with Crippen LogP contribution in [0.3, 0.4) is 0 Å². The number of halogens is 12. The molecule has 2 aliphatic rings. The van der Waals surface area contributed by atoms with Gasteiger partial charge in [-0.15, -0.1) is 8.80 Å². The Kier molecular flexibility index (Phi) is 12.9. The van der Waals surface area contributed by atoms with E-state index in [0.717, 1.165) is 38.1 Å². The molecule has 2 aliphatic heterocycles. The Bertz CT molecular complexity index is 2210. The van der Waals surface area contributed by atoms with E-state index in [1.165, 1.54) is 0 Å². The number of hydrazone groups is 2. The van der Waals surface area contributed by atoms with E-state index in [0.29, 0.717) is 24.6 Å². The van der Waals surface area contributed by atoms with Crippen molar-refractivity contribution in [2.75, 3.05) is 23.1 Å². The van der Waals surface area contributed by atoms with Gasteiger partial charge in [0, 0.05) is 24.2 Å². The predicted molar refractivity (Wildman–Crippen MR) is 187 cm³/mol. The summed E-state index contributed by atoms with van der Waals surface area (Å²) in [6.07, 6.45) is -19.6. The van der Waals surface area contributed by atoms with Crippen molar-refractivity contribution in [1.29, 1.82) is 0 Å². The number of hydrogen-bond acceptors (Lipinski definition) is 8. The van der Waals surface area contributed by atoms with Crippen LogP contribution in [0.2, 0.25) is 0 Å². The zero-order chi connectivity index (χ0) is 44.5. The van der Waals surface area contributed by atoms with E-state index in [1.807, 2.05) is 0 Å². The van der Waals surface area contributed by atoms with Crippen LogP contribution in [0.5, 0.6) is 0 Å². The fourth-order valence-electron chi connectivity index (χ4n) is 4.81. The van der Waals surface area contributed by atoms with Gasteiger partial charge < -0.3 is 10.6 Å². The number of hydrogen-bond donors (Lipinski definition) is 4. The van der Waals surface area contributed by atoms with Crippen molar-refractivity contribution in [3.05, 3.63) is 70.4 Å². The molecule has 0 saturated heterocycles. The molecule has 0 radical (unpaired) electrons. The lowest BCUT2D eigenvalue weighted by Crippen LogP contribution is -2.48. The Morgan fingerprint density at radius 2 is 0.948 bits per heavy atom. The maximum Gasteiger partial charge on any atom is 0.431 e. The molecule has 2 unspecified atom stereocenters. The molecule has 0 aliphatic carbocycles. The molecule has 0 amide bonds. The fraction of sp³-hybridized carbons (Fsp3) is 0.400. The minimum atomic E-state index is -4.88. The Hall–Kier alpha value is -5.64. The highest BCUT2D eigenvalue weighted by Gasteiger charge is 2.49. The van der Waals surface area contributed by atoms with E-state index < -0.39 is 114 Å². The highest BCUT2D eigenvalue weighted by molar-refractivity contribution is 7.89. The van der Waals surface area contributed by atoms with Crippen LogP contribution in [0, 0.1) is 13.1 Å². The summed E-state index contributed by atoms with van der Waals surface area (Å²) in [6.45, 7) is 15.9. The second-order valence-electron chi connectivity index (χ2n) is 12.6. The Balaban J connectivity index is 0.000000310. The first-order chi connectivity index (χ1) is 26.1. The zero-order valence-electron chi connectivity index (χ0n) is 29.5. The van der Waals surface area contributed by atoms with Crippen molar-refractivity contribution in [2.24, 2.45) is 19.0 Å². The predicted octanol–water partition coefficient (Wildman–Crippen LogP) is 7.39. The molecule has 0 aromatic heterocycles. The van der Waals surface area contributed by atoms with Crippen molar-refractivity contribution >= 4 is 65.9 Å². The summed E-state index contributed by atoms with van der Waals surface area (Å²) in [4.78, 5) is 5.53. The molecule has 2 heterocycles. The quantitative estimate of drug-likeness (QED) is 0.101. The third-order valence-electron chi connectivity index (χ3n) is 7.50. The first kappa shape index (κ1) is 46.7. The molecule has 2 aromatic carbocycles. The average Bonchev–Trinajstić information content (AvgIpc) is 3.67. The SMILES string of the molecule is [C-]#[N+]c1ccc(NC(=NS(C)(=O)=O)C2(C)CC(C(F)(F)F)=NN2)cc1C(F)(F)F.[C-]#[N+]c1ccc(NC(=NS(C)(=O)=O)C2(C)CC(C(F)(F)F)=NN2)cc1C(F)(F)F. The van der Waals surface area contributed by atoms with Gasteiger partial charge in [0.1, 0.15) is 34.2 Å². The molecule has 2 atom stereocenters. The van der Waals surface area contributed by atoms with Gasteiger partial charge >= 0.3 is 24.7 Å².